The maximum atomic E-state index is 4.52. The van der Waals surface area contributed by atoms with Gasteiger partial charge in [-0.05, 0) is 33.6 Å². The van der Waals surface area contributed by atoms with Crippen LogP contribution in [0.25, 0.3) is 0 Å². The van der Waals surface area contributed by atoms with Crippen molar-refractivity contribution in [2.75, 3.05) is 53.9 Å². The zero-order chi connectivity index (χ0) is 18.4. The van der Waals surface area contributed by atoms with Crippen molar-refractivity contribution in [2.24, 2.45) is 12.0 Å². The SMILES string of the molecule is CCN(CC)C1CCN(C(=NC)NCC(c2cnn(C)c2)N(C)C)C1.I. The number of aryl methyl sites for hydroxylation is 1. The summed E-state index contributed by atoms with van der Waals surface area (Å²) in [6.45, 7) is 9.66. The van der Waals surface area contributed by atoms with Gasteiger partial charge in [0.1, 0.15) is 0 Å². The van der Waals surface area contributed by atoms with Gasteiger partial charge >= 0.3 is 0 Å². The van der Waals surface area contributed by atoms with E-state index in [-0.39, 0.29) is 30.0 Å². The number of halogens is 1. The van der Waals surface area contributed by atoms with Gasteiger partial charge in [-0.25, -0.2) is 0 Å². The van der Waals surface area contributed by atoms with E-state index < -0.39 is 0 Å². The number of hydrogen-bond donors (Lipinski definition) is 1. The number of hydrogen-bond acceptors (Lipinski definition) is 4. The molecule has 26 heavy (non-hydrogen) atoms. The second-order valence-electron chi connectivity index (χ2n) is 6.96. The summed E-state index contributed by atoms with van der Waals surface area (Å²) in [6, 6.07) is 0.906. The fourth-order valence-electron chi connectivity index (χ4n) is 3.70. The molecule has 0 aromatic carbocycles. The average Bonchev–Trinajstić information content (AvgIpc) is 3.22. The Labute approximate surface area is 175 Å². The van der Waals surface area contributed by atoms with Crippen LogP contribution in [0, 0.1) is 0 Å². The fraction of sp³-hybridized carbons (Fsp3) is 0.778. The first-order chi connectivity index (χ1) is 12.0. The third kappa shape index (κ3) is 5.82. The third-order valence-corrected chi connectivity index (χ3v) is 5.19. The van der Waals surface area contributed by atoms with Crippen molar-refractivity contribution in [1.29, 1.82) is 0 Å². The Kier molecular flexibility index (Phi) is 9.88. The zero-order valence-corrected chi connectivity index (χ0v) is 19.5. The minimum Gasteiger partial charge on any atom is -0.354 e. The van der Waals surface area contributed by atoms with Gasteiger partial charge in [0.15, 0.2) is 5.96 Å². The minimum atomic E-state index is 0. The molecule has 8 heteroatoms. The normalized spacial score (nSPS) is 19.2. The van der Waals surface area contributed by atoms with E-state index in [1.54, 1.807) is 0 Å². The van der Waals surface area contributed by atoms with E-state index >= 15 is 0 Å². The highest BCUT2D eigenvalue weighted by molar-refractivity contribution is 14.0. The summed E-state index contributed by atoms with van der Waals surface area (Å²) in [5.74, 6) is 1.00. The lowest BCUT2D eigenvalue weighted by Crippen LogP contribution is -2.45. The third-order valence-electron chi connectivity index (χ3n) is 5.19. The van der Waals surface area contributed by atoms with Gasteiger partial charge in [0.25, 0.3) is 0 Å². The average molecular weight is 477 g/mol. The van der Waals surface area contributed by atoms with Crippen LogP contribution in [0.15, 0.2) is 17.4 Å². The van der Waals surface area contributed by atoms with Gasteiger partial charge in [-0.15, -0.1) is 24.0 Å². The molecule has 1 fully saturated rings. The van der Waals surface area contributed by atoms with Crippen molar-refractivity contribution >= 4 is 29.9 Å². The van der Waals surface area contributed by atoms with Gasteiger partial charge < -0.3 is 15.1 Å². The molecule has 7 nitrogen and oxygen atoms in total. The summed E-state index contributed by atoms with van der Waals surface area (Å²) < 4.78 is 1.86. The van der Waals surface area contributed by atoms with Crippen molar-refractivity contribution in [3.05, 3.63) is 18.0 Å². The van der Waals surface area contributed by atoms with Crippen molar-refractivity contribution < 1.29 is 0 Å². The van der Waals surface area contributed by atoms with Crippen LogP contribution in [0.4, 0.5) is 0 Å². The molecule has 0 spiro atoms. The summed E-state index contributed by atoms with van der Waals surface area (Å²) in [6.07, 6.45) is 5.24. The lowest BCUT2D eigenvalue weighted by atomic mass is 10.1. The molecular weight excluding hydrogens is 441 g/mol. The van der Waals surface area contributed by atoms with Gasteiger partial charge in [-0.3, -0.25) is 14.6 Å². The first-order valence-electron chi connectivity index (χ1n) is 9.34. The molecule has 1 aromatic rings. The molecule has 150 valence electrons. The lowest BCUT2D eigenvalue weighted by Gasteiger charge is -2.29. The number of likely N-dealkylation sites (N-methyl/N-ethyl adjacent to an activating group) is 2. The van der Waals surface area contributed by atoms with Crippen LogP contribution < -0.4 is 5.32 Å². The Morgan fingerprint density at radius 2 is 2.08 bits per heavy atom. The molecule has 1 saturated heterocycles. The highest BCUT2D eigenvalue weighted by Gasteiger charge is 2.28. The Bertz CT molecular complexity index is 553. The largest absolute Gasteiger partial charge is 0.354 e. The fourth-order valence-corrected chi connectivity index (χ4v) is 3.70. The van der Waals surface area contributed by atoms with Crippen molar-refractivity contribution in [3.63, 3.8) is 0 Å². The Morgan fingerprint density at radius 1 is 1.38 bits per heavy atom. The summed E-state index contributed by atoms with van der Waals surface area (Å²) in [4.78, 5) is 11.7. The number of likely N-dealkylation sites (tertiary alicyclic amines) is 1. The molecule has 0 aliphatic carbocycles. The standard InChI is InChI=1S/C18H35N7.HI/c1-7-24(8-2)16-9-10-25(14-16)18(19-3)20-12-17(22(4)5)15-11-21-23(6)13-15;/h11,13,16-17H,7-10,12,14H2,1-6H3,(H,19,20);1H. The molecule has 0 saturated carbocycles. The number of rotatable bonds is 7. The topological polar surface area (TPSA) is 51.9 Å². The van der Waals surface area contributed by atoms with Crippen molar-refractivity contribution in [1.82, 2.24) is 29.8 Å². The molecule has 1 aliphatic rings. The zero-order valence-electron chi connectivity index (χ0n) is 17.1. The molecule has 2 rings (SSSR count). The monoisotopic (exact) mass is 477 g/mol. The molecular formula is C18H36IN7. The summed E-state index contributed by atoms with van der Waals surface area (Å²) in [5.41, 5.74) is 1.22. The van der Waals surface area contributed by atoms with E-state index in [1.807, 2.05) is 25.0 Å². The van der Waals surface area contributed by atoms with Crippen LogP contribution in [0.3, 0.4) is 0 Å². The van der Waals surface area contributed by atoms with Crippen LogP contribution in [0.2, 0.25) is 0 Å². The predicted octanol–water partition coefficient (Wildman–Crippen LogP) is 1.63. The van der Waals surface area contributed by atoms with Crippen LogP contribution in [-0.4, -0.2) is 90.3 Å². The summed E-state index contributed by atoms with van der Waals surface area (Å²) >= 11 is 0. The number of guanidine groups is 1. The Balaban J connectivity index is 0.00000338. The molecule has 0 amide bonds. The molecule has 1 aromatic heterocycles. The van der Waals surface area contributed by atoms with E-state index in [0.29, 0.717) is 6.04 Å². The molecule has 1 N–H and O–H groups in total. The van der Waals surface area contributed by atoms with E-state index in [9.17, 15) is 0 Å². The number of aliphatic imine (C=N–C) groups is 1. The van der Waals surface area contributed by atoms with E-state index in [0.717, 1.165) is 38.7 Å². The van der Waals surface area contributed by atoms with Gasteiger partial charge in [0, 0.05) is 51.5 Å². The smallest absolute Gasteiger partial charge is 0.193 e. The molecule has 2 unspecified atom stereocenters. The lowest BCUT2D eigenvalue weighted by molar-refractivity contribution is 0.223. The molecule has 1 aliphatic heterocycles. The Morgan fingerprint density at radius 3 is 2.58 bits per heavy atom. The van der Waals surface area contributed by atoms with Crippen LogP contribution in [0.1, 0.15) is 31.9 Å². The number of aromatic nitrogens is 2. The molecule has 2 heterocycles. The highest BCUT2D eigenvalue weighted by atomic mass is 127. The first kappa shape index (κ1) is 23.2. The first-order valence-corrected chi connectivity index (χ1v) is 9.34. The van der Waals surface area contributed by atoms with E-state index in [2.05, 4.69) is 64.2 Å². The summed E-state index contributed by atoms with van der Waals surface area (Å²) in [7, 11) is 8.05. The minimum absolute atomic E-state index is 0. The quantitative estimate of drug-likeness (QED) is 0.368. The maximum absolute atomic E-state index is 4.52. The van der Waals surface area contributed by atoms with Gasteiger partial charge in [0.2, 0.25) is 0 Å². The maximum Gasteiger partial charge on any atom is 0.193 e. The van der Waals surface area contributed by atoms with E-state index in [4.69, 9.17) is 0 Å². The number of nitrogens with one attached hydrogen (secondary N) is 1. The van der Waals surface area contributed by atoms with Gasteiger partial charge in [-0.2, -0.15) is 5.10 Å². The van der Waals surface area contributed by atoms with E-state index in [1.165, 1.54) is 12.0 Å². The predicted molar refractivity (Wildman–Crippen MR) is 119 cm³/mol. The molecule has 0 radical (unpaired) electrons. The van der Waals surface area contributed by atoms with Crippen LogP contribution in [-0.2, 0) is 7.05 Å². The van der Waals surface area contributed by atoms with Crippen molar-refractivity contribution in [2.45, 2.75) is 32.4 Å². The highest BCUT2D eigenvalue weighted by Crippen LogP contribution is 2.18. The molecule has 0 bridgehead atoms. The second-order valence-corrected chi connectivity index (χ2v) is 6.96. The number of nitrogens with zero attached hydrogens (tertiary/aromatic N) is 6. The van der Waals surface area contributed by atoms with Gasteiger partial charge in [-0.1, -0.05) is 13.8 Å². The van der Waals surface area contributed by atoms with Crippen LogP contribution in [0.5, 0.6) is 0 Å². The Hall–Kier alpha value is -0.870. The van der Waals surface area contributed by atoms with Crippen LogP contribution >= 0.6 is 24.0 Å². The van der Waals surface area contributed by atoms with Gasteiger partial charge in [0.05, 0.1) is 12.2 Å². The summed E-state index contributed by atoms with van der Waals surface area (Å²) in [5, 5.41) is 7.88. The molecule has 2 atom stereocenters. The van der Waals surface area contributed by atoms with Crippen molar-refractivity contribution in [3.8, 4) is 0 Å². The second kappa shape index (κ2) is 11.1.